The molecule has 23 heavy (non-hydrogen) atoms. The van der Waals surface area contributed by atoms with Gasteiger partial charge in [0.1, 0.15) is 21.7 Å². The van der Waals surface area contributed by atoms with Crippen molar-refractivity contribution in [1.82, 2.24) is 9.36 Å². The van der Waals surface area contributed by atoms with Gasteiger partial charge in [0.15, 0.2) is 0 Å². The molecule has 0 unspecified atom stereocenters. The molecule has 2 aromatic rings. The Morgan fingerprint density at radius 3 is 2.39 bits per heavy atom. The van der Waals surface area contributed by atoms with E-state index < -0.39 is 16.0 Å². The molecule has 0 aliphatic heterocycles. The van der Waals surface area contributed by atoms with Gasteiger partial charge in [-0.15, -0.1) is 0 Å². The predicted molar refractivity (Wildman–Crippen MR) is 81.2 cm³/mol. The van der Waals surface area contributed by atoms with Crippen molar-refractivity contribution in [1.29, 1.82) is 0 Å². The molecule has 9 heteroatoms. The third-order valence-electron chi connectivity index (χ3n) is 3.70. The summed E-state index contributed by atoms with van der Waals surface area (Å²) in [6.45, 7) is 0. The SMILES string of the molecule is Cn1c(C2CC2)c(NCS(=O)(=O)[O-])c(=O)n1-c1ccccc1.[Na+]. The fraction of sp³-hybridized carbons (Fsp3) is 0.357. The molecular weight excluding hydrogens is 329 g/mol. The molecule has 7 nitrogen and oxygen atoms in total. The summed E-state index contributed by atoms with van der Waals surface area (Å²) in [5.74, 6) is -0.569. The van der Waals surface area contributed by atoms with Crippen LogP contribution in [0.3, 0.4) is 0 Å². The molecule has 1 aromatic heterocycles. The molecule has 1 fully saturated rings. The molecule has 1 aliphatic rings. The van der Waals surface area contributed by atoms with E-state index >= 15 is 0 Å². The zero-order chi connectivity index (χ0) is 15.9. The van der Waals surface area contributed by atoms with Crippen LogP contribution in [0.25, 0.3) is 5.69 Å². The largest absolute Gasteiger partial charge is 1.00 e. The Balaban J connectivity index is 0.00000192. The van der Waals surface area contributed by atoms with Gasteiger partial charge in [0.05, 0.1) is 11.4 Å². The minimum Gasteiger partial charge on any atom is -0.747 e. The first kappa shape index (κ1) is 18.3. The molecule has 1 aromatic carbocycles. The van der Waals surface area contributed by atoms with Crippen molar-refractivity contribution in [2.24, 2.45) is 7.05 Å². The van der Waals surface area contributed by atoms with E-state index in [4.69, 9.17) is 0 Å². The number of anilines is 1. The Morgan fingerprint density at radius 1 is 1.26 bits per heavy atom. The van der Waals surface area contributed by atoms with Crippen LogP contribution in [0.1, 0.15) is 24.5 Å². The predicted octanol–water partition coefficient (Wildman–Crippen LogP) is -2.03. The van der Waals surface area contributed by atoms with E-state index in [0.29, 0.717) is 5.69 Å². The van der Waals surface area contributed by atoms with Crippen molar-refractivity contribution in [3.8, 4) is 5.69 Å². The van der Waals surface area contributed by atoms with Crippen LogP contribution in [0.2, 0.25) is 0 Å². The number of nitrogens with one attached hydrogen (secondary N) is 1. The number of para-hydroxylation sites is 1. The maximum absolute atomic E-state index is 12.6. The van der Waals surface area contributed by atoms with Crippen LogP contribution in [0.15, 0.2) is 35.1 Å². The number of benzene rings is 1. The van der Waals surface area contributed by atoms with Crippen LogP contribution >= 0.6 is 0 Å². The molecule has 0 amide bonds. The number of hydrogen-bond donors (Lipinski definition) is 1. The van der Waals surface area contributed by atoms with Gasteiger partial charge in [-0.05, 0) is 25.0 Å². The second-order valence-corrected chi connectivity index (χ2v) is 6.79. The fourth-order valence-corrected chi connectivity index (χ4v) is 2.95. The Labute approximate surface area is 156 Å². The Kier molecular flexibility index (Phi) is 5.42. The Morgan fingerprint density at radius 2 is 1.87 bits per heavy atom. The molecule has 1 N–H and O–H groups in total. The second kappa shape index (κ2) is 6.82. The molecule has 0 spiro atoms. The quantitative estimate of drug-likeness (QED) is 0.498. The minimum atomic E-state index is -4.45. The molecule has 118 valence electrons. The van der Waals surface area contributed by atoms with Crippen molar-refractivity contribution < 1.29 is 42.5 Å². The summed E-state index contributed by atoms with van der Waals surface area (Å²) in [6.07, 6.45) is 1.90. The zero-order valence-electron chi connectivity index (χ0n) is 13.0. The van der Waals surface area contributed by atoms with Gasteiger partial charge in [-0.3, -0.25) is 9.48 Å². The number of aromatic nitrogens is 2. The minimum absolute atomic E-state index is 0. The smallest absolute Gasteiger partial charge is 0.747 e. The molecule has 1 heterocycles. The van der Waals surface area contributed by atoms with Crippen LogP contribution in [0.5, 0.6) is 0 Å². The van der Waals surface area contributed by atoms with Gasteiger partial charge in [-0.2, -0.15) is 0 Å². The van der Waals surface area contributed by atoms with Gasteiger partial charge in [0.25, 0.3) is 5.56 Å². The Hall–Kier alpha value is -1.06. The number of hydrogen-bond acceptors (Lipinski definition) is 5. The van der Waals surface area contributed by atoms with Crippen LogP contribution in [-0.2, 0) is 17.2 Å². The van der Waals surface area contributed by atoms with Crippen molar-refractivity contribution in [3.63, 3.8) is 0 Å². The van der Waals surface area contributed by atoms with Crippen LogP contribution < -0.4 is 40.4 Å². The molecule has 1 aliphatic carbocycles. The summed E-state index contributed by atoms with van der Waals surface area (Å²) in [6, 6.07) is 9.09. The fourth-order valence-electron chi connectivity index (χ4n) is 2.63. The zero-order valence-corrected chi connectivity index (χ0v) is 15.8. The number of nitrogens with zero attached hydrogens (tertiary/aromatic N) is 2. The van der Waals surface area contributed by atoms with Gasteiger partial charge in [0, 0.05) is 13.0 Å². The summed E-state index contributed by atoms with van der Waals surface area (Å²) in [4.78, 5) is 12.6. The number of rotatable bonds is 5. The van der Waals surface area contributed by atoms with E-state index in [1.165, 1.54) is 4.68 Å². The molecule has 1 saturated carbocycles. The van der Waals surface area contributed by atoms with Crippen molar-refractivity contribution in [2.75, 3.05) is 11.2 Å². The normalized spacial score (nSPS) is 14.3. The van der Waals surface area contributed by atoms with E-state index in [2.05, 4.69) is 5.32 Å². The second-order valence-electron chi connectivity index (χ2n) is 5.39. The third kappa shape index (κ3) is 3.89. The monoisotopic (exact) mass is 345 g/mol. The summed E-state index contributed by atoms with van der Waals surface area (Å²) in [5, 5.41) is 2.52. The van der Waals surface area contributed by atoms with Gasteiger partial charge >= 0.3 is 29.6 Å². The van der Waals surface area contributed by atoms with E-state index in [9.17, 15) is 17.8 Å². The van der Waals surface area contributed by atoms with Gasteiger partial charge in [0.2, 0.25) is 0 Å². The van der Waals surface area contributed by atoms with E-state index in [0.717, 1.165) is 18.5 Å². The van der Waals surface area contributed by atoms with E-state index in [1.807, 2.05) is 18.2 Å². The molecule has 0 atom stereocenters. The molecular formula is C14H16N3NaO4S. The summed E-state index contributed by atoms with van der Waals surface area (Å²) < 4.78 is 35.7. The first-order valence-electron chi connectivity index (χ1n) is 6.93. The average Bonchev–Trinajstić information content (AvgIpc) is 3.24. The van der Waals surface area contributed by atoms with Crippen molar-refractivity contribution in [3.05, 3.63) is 46.4 Å². The first-order chi connectivity index (χ1) is 10.4. The summed E-state index contributed by atoms with van der Waals surface area (Å²) in [7, 11) is -2.69. The Bertz CT molecular complexity index is 854. The van der Waals surface area contributed by atoms with E-state index in [1.54, 1.807) is 23.9 Å². The summed E-state index contributed by atoms with van der Waals surface area (Å²) in [5.41, 5.74) is 1.29. The third-order valence-corrected chi connectivity index (χ3v) is 4.20. The topological polar surface area (TPSA) is 96.2 Å². The molecule has 0 radical (unpaired) electrons. The van der Waals surface area contributed by atoms with E-state index in [-0.39, 0.29) is 46.7 Å². The van der Waals surface area contributed by atoms with Gasteiger partial charge < -0.3 is 9.87 Å². The molecule has 3 rings (SSSR count). The van der Waals surface area contributed by atoms with Crippen molar-refractivity contribution in [2.45, 2.75) is 18.8 Å². The standard InChI is InChI=1S/C14H17N3O4S.Na/c1-16-13(10-7-8-10)12(15-9-22(19,20)21)14(18)17(16)11-5-3-2-4-6-11;/h2-6,10,15H,7-9H2,1H3,(H,19,20,21);/q;+1/p-1. The van der Waals surface area contributed by atoms with Gasteiger partial charge in [-0.25, -0.2) is 13.1 Å². The van der Waals surface area contributed by atoms with Gasteiger partial charge in [-0.1, -0.05) is 18.2 Å². The average molecular weight is 345 g/mol. The van der Waals surface area contributed by atoms with Crippen LogP contribution in [-0.4, -0.2) is 28.2 Å². The van der Waals surface area contributed by atoms with Crippen LogP contribution in [0, 0.1) is 0 Å². The first-order valence-corrected chi connectivity index (χ1v) is 8.51. The summed E-state index contributed by atoms with van der Waals surface area (Å²) >= 11 is 0. The maximum Gasteiger partial charge on any atom is 1.00 e. The van der Waals surface area contributed by atoms with Crippen LogP contribution in [0.4, 0.5) is 5.69 Å². The molecule has 0 saturated heterocycles. The molecule has 0 bridgehead atoms. The van der Waals surface area contributed by atoms with Crippen molar-refractivity contribution >= 4 is 15.8 Å². The maximum atomic E-state index is 12.6.